The van der Waals surface area contributed by atoms with Crippen LogP contribution in [0.25, 0.3) is 0 Å². The Balaban J connectivity index is 0.00000182. The number of hydrogen-bond acceptors (Lipinski definition) is 2. The van der Waals surface area contributed by atoms with E-state index in [2.05, 4.69) is 28.4 Å². The Morgan fingerprint density at radius 1 is 1.20 bits per heavy atom. The molecule has 2 nitrogen and oxygen atoms in total. The molecule has 134 valence electrons. The zero-order valence-electron chi connectivity index (χ0n) is 14.3. The molecular formula is C20H23Cl2FN2. The van der Waals surface area contributed by atoms with Crippen LogP contribution in [0.1, 0.15) is 35.6 Å². The van der Waals surface area contributed by atoms with Crippen molar-refractivity contribution in [3.05, 3.63) is 63.9 Å². The van der Waals surface area contributed by atoms with E-state index < -0.39 is 0 Å². The van der Waals surface area contributed by atoms with Gasteiger partial charge in [-0.25, -0.2) is 4.39 Å². The smallest absolute Gasteiger partial charge is 0.141 e. The van der Waals surface area contributed by atoms with Gasteiger partial charge in [-0.05, 0) is 66.1 Å². The van der Waals surface area contributed by atoms with E-state index in [9.17, 15) is 4.39 Å². The van der Waals surface area contributed by atoms with Crippen molar-refractivity contribution in [1.29, 1.82) is 0 Å². The molecule has 2 aromatic carbocycles. The van der Waals surface area contributed by atoms with Gasteiger partial charge in [-0.3, -0.25) is 4.90 Å². The maximum Gasteiger partial charge on any atom is 0.141 e. The van der Waals surface area contributed by atoms with Gasteiger partial charge in [-0.2, -0.15) is 0 Å². The van der Waals surface area contributed by atoms with Gasteiger partial charge in [0.1, 0.15) is 5.82 Å². The molecule has 1 unspecified atom stereocenters. The average molecular weight is 381 g/mol. The summed E-state index contributed by atoms with van der Waals surface area (Å²) in [5, 5.41) is 3.44. The van der Waals surface area contributed by atoms with Crippen molar-refractivity contribution in [2.45, 2.75) is 25.3 Å². The maximum atomic E-state index is 13.6. The molecule has 1 saturated carbocycles. The summed E-state index contributed by atoms with van der Waals surface area (Å²) in [6, 6.07) is 11.9. The number of halogens is 3. The van der Waals surface area contributed by atoms with Gasteiger partial charge in [0.15, 0.2) is 0 Å². The normalized spacial score (nSPS) is 19.9. The van der Waals surface area contributed by atoms with Crippen LogP contribution in [-0.4, -0.2) is 25.0 Å². The summed E-state index contributed by atoms with van der Waals surface area (Å²) >= 11 is 6.08. The molecule has 0 spiro atoms. The molecule has 25 heavy (non-hydrogen) atoms. The van der Waals surface area contributed by atoms with E-state index in [1.54, 1.807) is 6.07 Å². The lowest BCUT2D eigenvalue weighted by Crippen LogP contribution is -2.37. The molecule has 5 heteroatoms. The summed E-state index contributed by atoms with van der Waals surface area (Å²) in [7, 11) is 1.94. The number of benzene rings is 2. The molecule has 1 aliphatic carbocycles. The predicted octanol–water partition coefficient (Wildman–Crippen LogP) is 5.30. The van der Waals surface area contributed by atoms with Crippen LogP contribution in [0.3, 0.4) is 0 Å². The molecule has 0 saturated heterocycles. The Labute approximate surface area is 159 Å². The largest absolute Gasteiger partial charge is 0.388 e. The molecule has 1 fully saturated rings. The Kier molecular flexibility index (Phi) is 5.57. The molecule has 0 amide bonds. The lowest BCUT2D eigenvalue weighted by Gasteiger charge is -2.38. The molecule has 1 aliphatic heterocycles. The SMILES string of the molecule is CNc1ccc2c(c1)C(c1ccc(F)c(Cl)c1)N(CC1CC1)CC2.Cl. The van der Waals surface area contributed by atoms with Gasteiger partial charge < -0.3 is 5.32 Å². The zero-order valence-corrected chi connectivity index (χ0v) is 15.8. The number of nitrogens with zero attached hydrogens (tertiary/aromatic N) is 1. The van der Waals surface area contributed by atoms with Crippen LogP contribution in [0.4, 0.5) is 10.1 Å². The van der Waals surface area contributed by atoms with Crippen LogP contribution in [-0.2, 0) is 6.42 Å². The van der Waals surface area contributed by atoms with Crippen LogP contribution in [0.15, 0.2) is 36.4 Å². The predicted molar refractivity (Wildman–Crippen MR) is 104 cm³/mol. The first-order valence-corrected chi connectivity index (χ1v) is 9.03. The third-order valence-corrected chi connectivity index (χ3v) is 5.50. The van der Waals surface area contributed by atoms with Crippen LogP contribution in [0.2, 0.25) is 5.02 Å². The van der Waals surface area contributed by atoms with Crippen molar-refractivity contribution < 1.29 is 4.39 Å². The number of fused-ring (bicyclic) bond motifs is 1. The van der Waals surface area contributed by atoms with E-state index in [1.165, 1.54) is 30.0 Å². The van der Waals surface area contributed by atoms with Gasteiger partial charge in [0, 0.05) is 25.8 Å². The standard InChI is InChI=1S/C20H22ClFN2.ClH/c1-23-16-6-4-14-8-9-24(12-13-2-3-13)20(17(14)11-16)15-5-7-19(22)18(21)10-15;/h4-7,10-11,13,20,23H,2-3,8-9,12H2,1H3;1H. The summed E-state index contributed by atoms with van der Waals surface area (Å²) in [6.07, 6.45) is 3.73. The number of rotatable bonds is 4. The van der Waals surface area contributed by atoms with E-state index in [1.807, 2.05) is 13.1 Å². The Morgan fingerprint density at radius 2 is 2.00 bits per heavy atom. The van der Waals surface area contributed by atoms with E-state index in [0.717, 1.165) is 36.7 Å². The second kappa shape index (κ2) is 7.53. The van der Waals surface area contributed by atoms with Crippen molar-refractivity contribution in [3.63, 3.8) is 0 Å². The highest BCUT2D eigenvalue weighted by atomic mass is 35.5. The van der Waals surface area contributed by atoms with Gasteiger partial charge in [-0.1, -0.05) is 23.7 Å². The fourth-order valence-corrected chi connectivity index (χ4v) is 3.91. The van der Waals surface area contributed by atoms with Crippen LogP contribution in [0, 0.1) is 11.7 Å². The molecule has 2 aliphatic rings. The van der Waals surface area contributed by atoms with E-state index in [4.69, 9.17) is 11.6 Å². The molecule has 4 rings (SSSR count). The summed E-state index contributed by atoms with van der Waals surface area (Å²) in [4.78, 5) is 2.54. The highest BCUT2D eigenvalue weighted by molar-refractivity contribution is 6.30. The first-order chi connectivity index (χ1) is 11.7. The molecule has 0 bridgehead atoms. The summed E-state index contributed by atoms with van der Waals surface area (Å²) in [6.45, 7) is 2.16. The average Bonchev–Trinajstić information content (AvgIpc) is 3.41. The van der Waals surface area contributed by atoms with Gasteiger partial charge in [-0.15, -0.1) is 12.4 Å². The minimum Gasteiger partial charge on any atom is -0.388 e. The third-order valence-electron chi connectivity index (χ3n) is 5.21. The van der Waals surface area contributed by atoms with Crippen molar-refractivity contribution in [3.8, 4) is 0 Å². The molecule has 1 atom stereocenters. The minimum atomic E-state index is -0.353. The Morgan fingerprint density at radius 3 is 2.68 bits per heavy atom. The molecule has 0 radical (unpaired) electrons. The molecule has 1 heterocycles. The van der Waals surface area contributed by atoms with Crippen molar-refractivity contribution in [1.82, 2.24) is 4.90 Å². The minimum absolute atomic E-state index is 0. The second-order valence-corrected chi connectivity index (χ2v) is 7.34. The van der Waals surface area contributed by atoms with Crippen LogP contribution >= 0.6 is 24.0 Å². The highest BCUT2D eigenvalue weighted by Crippen LogP contribution is 2.40. The molecular weight excluding hydrogens is 358 g/mol. The van der Waals surface area contributed by atoms with Gasteiger partial charge in [0.2, 0.25) is 0 Å². The first kappa shape index (κ1) is 18.5. The molecule has 0 aromatic heterocycles. The summed E-state index contributed by atoms with van der Waals surface area (Å²) < 4.78 is 13.6. The maximum absolute atomic E-state index is 13.6. The van der Waals surface area contributed by atoms with Crippen molar-refractivity contribution in [2.24, 2.45) is 5.92 Å². The van der Waals surface area contributed by atoms with E-state index in [0.29, 0.717) is 0 Å². The zero-order chi connectivity index (χ0) is 16.7. The first-order valence-electron chi connectivity index (χ1n) is 8.65. The van der Waals surface area contributed by atoms with E-state index in [-0.39, 0.29) is 29.3 Å². The molecule has 1 N–H and O–H groups in total. The summed E-state index contributed by atoms with van der Waals surface area (Å²) in [5.41, 5.74) is 4.89. The van der Waals surface area contributed by atoms with E-state index >= 15 is 0 Å². The highest BCUT2D eigenvalue weighted by Gasteiger charge is 2.33. The van der Waals surface area contributed by atoms with Crippen molar-refractivity contribution in [2.75, 3.05) is 25.5 Å². The lowest BCUT2D eigenvalue weighted by atomic mass is 9.87. The topological polar surface area (TPSA) is 15.3 Å². The second-order valence-electron chi connectivity index (χ2n) is 6.93. The van der Waals surface area contributed by atoms with Crippen LogP contribution < -0.4 is 5.32 Å². The summed E-state index contributed by atoms with van der Waals surface area (Å²) in [5.74, 6) is 0.464. The Hall–Kier alpha value is -1.29. The number of anilines is 1. The van der Waals surface area contributed by atoms with Gasteiger partial charge >= 0.3 is 0 Å². The van der Waals surface area contributed by atoms with Gasteiger partial charge in [0.25, 0.3) is 0 Å². The van der Waals surface area contributed by atoms with Crippen molar-refractivity contribution >= 4 is 29.7 Å². The third kappa shape index (κ3) is 3.79. The quantitative estimate of drug-likeness (QED) is 0.773. The monoisotopic (exact) mass is 380 g/mol. The van der Waals surface area contributed by atoms with Crippen LogP contribution in [0.5, 0.6) is 0 Å². The number of nitrogens with one attached hydrogen (secondary N) is 1. The molecule has 2 aromatic rings. The van der Waals surface area contributed by atoms with Gasteiger partial charge in [0.05, 0.1) is 11.1 Å². The fraction of sp³-hybridized carbons (Fsp3) is 0.400. The fourth-order valence-electron chi connectivity index (χ4n) is 3.72. The lowest BCUT2D eigenvalue weighted by molar-refractivity contribution is 0.204. The Bertz CT molecular complexity index is 761. The number of hydrogen-bond donors (Lipinski definition) is 1.